The molecule has 0 bridgehead atoms. The van der Waals surface area contributed by atoms with Gasteiger partial charge in [0.05, 0.1) is 0 Å². The first-order chi connectivity index (χ1) is 6.37. The molecule has 0 radical (unpaired) electrons. The van der Waals surface area contributed by atoms with Gasteiger partial charge in [-0.2, -0.15) is 0 Å². The Bertz CT molecular complexity index is 289. The highest BCUT2D eigenvalue weighted by Crippen LogP contribution is 2.68. The van der Waals surface area contributed by atoms with Crippen molar-refractivity contribution in [2.24, 2.45) is 10.8 Å². The van der Waals surface area contributed by atoms with Crippen LogP contribution in [0.15, 0.2) is 49.1 Å². The summed E-state index contributed by atoms with van der Waals surface area (Å²) >= 11 is 0. The third-order valence-corrected chi connectivity index (χ3v) is 3.23. The average molecular weight is 172 g/mol. The maximum Gasteiger partial charge on any atom is 0.0234 e. The Kier molecular flexibility index (Phi) is 1.12. The maximum atomic E-state index is 3.08. The van der Waals surface area contributed by atoms with Gasteiger partial charge >= 0.3 is 0 Å². The molecule has 0 aromatic heterocycles. The summed E-state index contributed by atoms with van der Waals surface area (Å²) in [4.78, 5) is 0. The molecule has 0 amide bonds. The summed E-state index contributed by atoms with van der Waals surface area (Å²) < 4.78 is 0. The van der Waals surface area contributed by atoms with Gasteiger partial charge in [0.25, 0.3) is 0 Å². The molecule has 13 heavy (non-hydrogen) atoms. The van der Waals surface area contributed by atoms with Gasteiger partial charge in [-0.05, 0) is 31.2 Å². The van der Waals surface area contributed by atoms with Crippen LogP contribution in [0, 0.1) is 10.8 Å². The Morgan fingerprint density at radius 3 is 1.46 bits per heavy atom. The normalized spacial score (nSPS) is 28.9. The molecular formula is C11H12N2. The maximum absolute atomic E-state index is 3.08. The summed E-state index contributed by atoms with van der Waals surface area (Å²) in [6.45, 7) is 0. The van der Waals surface area contributed by atoms with E-state index in [1.165, 1.54) is 6.42 Å². The average Bonchev–Trinajstić information content (AvgIpc) is 2.74. The summed E-state index contributed by atoms with van der Waals surface area (Å²) in [6, 6.07) is 0. The minimum absolute atomic E-state index is 0.257. The molecule has 0 aromatic carbocycles. The number of rotatable bonds is 0. The summed E-state index contributed by atoms with van der Waals surface area (Å²) in [7, 11) is 0. The van der Waals surface area contributed by atoms with Crippen LogP contribution in [0.3, 0.4) is 0 Å². The lowest BCUT2D eigenvalue weighted by molar-refractivity contribution is 0.648. The molecule has 3 aliphatic rings. The Balaban J connectivity index is 1.98. The summed E-state index contributed by atoms with van der Waals surface area (Å²) in [5.74, 6) is 0. The summed E-state index contributed by atoms with van der Waals surface area (Å²) in [5, 5.41) is 6.15. The van der Waals surface area contributed by atoms with Crippen molar-refractivity contribution < 1.29 is 0 Å². The highest BCUT2D eigenvalue weighted by Gasteiger charge is 2.62. The van der Waals surface area contributed by atoms with E-state index in [1.54, 1.807) is 0 Å². The number of hydrogen-bond acceptors (Lipinski definition) is 2. The largest absolute Gasteiger partial charge is 0.368 e. The highest BCUT2D eigenvalue weighted by atomic mass is 14.9. The van der Waals surface area contributed by atoms with E-state index < -0.39 is 0 Å². The van der Waals surface area contributed by atoms with Crippen molar-refractivity contribution in [3.63, 3.8) is 0 Å². The van der Waals surface area contributed by atoms with Crippen LogP contribution in [0.5, 0.6) is 0 Å². The molecule has 2 spiro atoms. The molecule has 3 rings (SSSR count). The van der Waals surface area contributed by atoms with Gasteiger partial charge in [-0.1, -0.05) is 24.3 Å². The van der Waals surface area contributed by atoms with E-state index in [4.69, 9.17) is 0 Å². The minimum Gasteiger partial charge on any atom is -0.368 e. The molecule has 1 aliphatic carbocycles. The van der Waals surface area contributed by atoms with E-state index >= 15 is 0 Å². The topological polar surface area (TPSA) is 24.1 Å². The standard InChI is InChI=1S/C11H12N2/c1-5-12-6-2-10(1)9-11(10)3-7-13-8-4-11/h1-8,12-13H,9H2. The number of allylic oxidation sites excluding steroid dienone is 4. The van der Waals surface area contributed by atoms with Crippen LogP contribution in [-0.4, -0.2) is 0 Å². The van der Waals surface area contributed by atoms with Crippen LogP contribution < -0.4 is 10.6 Å². The fraction of sp³-hybridized carbons (Fsp3) is 0.273. The number of dihydropyridines is 2. The van der Waals surface area contributed by atoms with Gasteiger partial charge in [0.2, 0.25) is 0 Å². The van der Waals surface area contributed by atoms with Gasteiger partial charge in [0, 0.05) is 10.8 Å². The molecule has 0 aromatic rings. The van der Waals surface area contributed by atoms with E-state index in [-0.39, 0.29) is 10.8 Å². The van der Waals surface area contributed by atoms with Crippen LogP contribution in [0.4, 0.5) is 0 Å². The van der Waals surface area contributed by atoms with Gasteiger partial charge in [-0.15, -0.1) is 0 Å². The highest BCUT2D eigenvalue weighted by molar-refractivity contribution is 5.43. The minimum atomic E-state index is 0.257. The van der Waals surface area contributed by atoms with Crippen molar-refractivity contribution in [1.82, 2.24) is 10.6 Å². The molecule has 2 nitrogen and oxygen atoms in total. The van der Waals surface area contributed by atoms with E-state index in [2.05, 4.69) is 34.9 Å². The quantitative estimate of drug-likeness (QED) is 0.580. The summed E-state index contributed by atoms with van der Waals surface area (Å²) in [6.07, 6.45) is 18.3. The Morgan fingerprint density at radius 1 is 0.692 bits per heavy atom. The monoisotopic (exact) mass is 172 g/mol. The molecule has 66 valence electrons. The molecular weight excluding hydrogens is 160 g/mol. The van der Waals surface area contributed by atoms with Gasteiger partial charge < -0.3 is 10.6 Å². The third-order valence-electron chi connectivity index (χ3n) is 3.23. The van der Waals surface area contributed by atoms with Crippen molar-refractivity contribution in [2.45, 2.75) is 6.42 Å². The zero-order chi connectivity index (χ0) is 8.78. The van der Waals surface area contributed by atoms with Crippen LogP contribution >= 0.6 is 0 Å². The van der Waals surface area contributed by atoms with Gasteiger partial charge in [0.1, 0.15) is 0 Å². The van der Waals surface area contributed by atoms with Gasteiger partial charge in [0.15, 0.2) is 0 Å². The molecule has 0 unspecified atom stereocenters. The Labute approximate surface area is 77.7 Å². The lowest BCUT2D eigenvalue weighted by Crippen LogP contribution is -2.14. The van der Waals surface area contributed by atoms with Crippen LogP contribution in [0.1, 0.15) is 6.42 Å². The Hall–Kier alpha value is -1.44. The third kappa shape index (κ3) is 0.777. The summed E-state index contributed by atoms with van der Waals surface area (Å²) in [5.41, 5.74) is 0.515. The van der Waals surface area contributed by atoms with Crippen molar-refractivity contribution in [2.75, 3.05) is 0 Å². The number of hydrogen-bond donors (Lipinski definition) is 2. The lowest BCUT2D eigenvalue weighted by atomic mass is 9.90. The number of fused-ring (bicyclic) bond motifs is 1. The van der Waals surface area contributed by atoms with Gasteiger partial charge in [-0.25, -0.2) is 0 Å². The van der Waals surface area contributed by atoms with Crippen molar-refractivity contribution >= 4 is 0 Å². The number of nitrogens with one attached hydrogen (secondary N) is 2. The molecule has 0 atom stereocenters. The van der Waals surface area contributed by atoms with Crippen LogP contribution in [0.25, 0.3) is 0 Å². The second-order valence-corrected chi connectivity index (χ2v) is 3.92. The molecule has 2 heteroatoms. The first-order valence-corrected chi connectivity index (χ1v) is 4.60. The molecule has 0 saturated heterocycles. The van der Waals surface area contributed by atoms with E-state index in [0.717, 1.165) is 0 Å². The zero-order valence-electron chi connectivity index (χ0n) is 7.33. The SMILES string of the molecule is C1=CC2(C=CN1)CC21C=CNC=C1. The predicted molar refractivity (Wildman–Crippen MR) is 52.3 cm³/mol. The zero-order valence-corrected chi connectivity index (χ0v) is 7.33. The molecule has 2 aliphatic heterocycles. The van der Waals surface area contributed by atoms with Crippen LogP contribution in [-0.2, 0) is 0 Å². The molecule has 1 fully saturated rings. The van der Waals surface area contributed by atoms with Crippen molar-refractivity contribution in [3.8, 4) is 0 Å². The fourth-order valence-electron chi connectivity index (χ4n) is 2.31. The van der Waals surface area contributed by atoms with E-state index in [0.29, 0.717) is 0 Å². The second kappa shape index (κ2) is 2.08. The van der Waals surface area contributed by atoms with E-state index in [1.807, 2.05) is 24.8 Å². The van der Waals surface area contributed by atoms with Crippen LogP contribution in [0.2, 0.25) is 0 Å². The smallest absolute Gasteiger partial charge is 0.0234 e. The second-order valence-electron chi connectivity index (χ2n) is 3.92. The molecule has 1 saturated carbocycles. The van der Waals surface area contributed by atoms with Gasteiger partial charge in [-0.3, -0.25) is 0 Å². The van der Waals surface area contributed by atoms with Crippen molar-refractivity contribution in [1.29, 1.82) is 0 Å². The fourth-order valence-corrected chi connectivity index (χ4v) is 2.31. The predicted octanol–water partition coefficient (Wildman–Crippen LogP) is 1.62. The Morgan fingerprint density at radius 2 is 1.08 bits per heavy atom. The molecule has 2 N–H and O–H groups in total. The van der Waals surface area contributed by atoms with E-state index in [9.17, 15) is 0 Å². The van der Waals surface area contributed by atoms with Crippen molar-refractivity contribution in [3.05, 3.63) is 49.1 Å². The molecule has 2 heterocycles. The lowest BCUT2D eigenvalue weighted by Gasteiger charge is -2.18. The first-order valence-electron chi connectivity index (χ1n) is 4.60. The first kappa shape index (κ1) is 7.01.